The number of carbonyl (C=O) groups excluding carboxylic acids is 3. The van der Waals surface area contributed by atoms with Gasteiger partial charge in [-0.15, -0.1) is 0 Å². The van der Waals surface area contributed by atoms with Gasteiger partial charge in [0, 0.05) is 13.1 Å². The fraction of sp³-hybridized carbons (Fsp3) is 0.769. The highest BCUT2D eigenvalue weighted by molar-refractivity contribution is 6.44. The molecule has 4 amide bonds. The van der Waals surface area contributed by atoms with Crippen LogP contribution in [-0.4, -0.2) is 47.3 Å². The highest BCUT2D eigenvalue weighted by Crippen LogP contribution is 2.35. The lowest BCUT2D eigenvalue weighted by Gasteiger charge is -2.39. The number of urea groups is 1. The van der Waals surface area contributed by atoms with Gasteiger partial charge in [0.15, 0.2) is 0 Å². The summed E-state index contributed by atoms with van der Waals surface area (Å²) in [7, 11) is 1.35. The minimum absolute atomic E-state index is 0.106. The largest absolute Gasteiger partial charge is 0.334 e. The summed E-state index contributed by atoms with van der Waals surface area (Å²) in [6.45, 7) is 2.55. The van der Waals surface area contributed by atoms with Crippen LogP contribution in [0.3, 0.4) is 0 Å². The van der Waals surface area contributed by atoms with Gasteiger partial charge in [0.2, 0.25) is 0 Å². The lowest BCUT2D eigenvalue weighted by molar-refractivity contribution is -0.144. The standard InChI is InChI=1S/C13H21N3O3/c1-3-8-4-5-9(7-14)10(6-8)16-12(18)11(17)15(2)13(16)19/h8-10H,3-7,14H2,1-2H3. The minimum Gasteiger partial charge on any atom is -0.330 e. The molecule has 3 atom stereocenters. The Morgan fingerprint density at radius 1 is 1.21 bits per heavy atom. The van der Waals surface area contributed by atoms with Crippen molar-refractivity contribution >= 4 is 17.8 Å². The first-order chi connectivity index (χ1) is 9.01. The van der Waals surface area contributed by atoms with Gasteiger partial charge in [0.25, 0.3) is 0 Å². The van der Waals surface area contributed by atoms with Gasteiger partial charge >= 0.3 is 17.8 Å². The molecule has 6 heteroatoms. The molecule has 0 radical (unpaired) electrons. The highest BCUT2D eigenvalue weighted by Gasteiger charge is 2.48. The summed E-state index contributed by atoms with van der Waals surface area (Å²) < 4.78 is 0. The molecule has 2 aliphatic rings. The molecule has 19 heavy (non-hydrogen) atoms. The monoisotopic (exact) mass is 267 g/mol. The molecule has 0 aromatic rings. The van der Waals surface area contributed by atoms with Crippen molar-refractivity contribution in [1.82, 2.24) is 9.80 Å². The topological polar surface area (TPSA) is 83.7 Å². The van der Waals surface area contributed by atoms with Crippen molar-refractivity contribution in [3.05, 3.63) is 0 Å². The molecule has 6 nitrogen and oxygen atoms in total. The summed E-state index contributed by atoms with van der Waals surface area (Å²) >= 11 is 0. The molecule has 1 heterocycles. The Balaban J connectivity index is 2.24. The van der Waals surface area contributed by atoms with Crippen molar-refractivity contribution < 1.29 is 14.4 Å². The van der Waals surface area contributed by atoms with E-state index in [0.29, 0.717) is 12.5 Å². The van der Waals surface area contributed by atoms with E-state index in [1.165, 1.54) is 7.05 Å². The Labute approximate surface area is 112 Å². The van der Waals surface area contributed by atoms with Crippen LogP contribution >= 0.6 is 0 Å². The molecule has 1 saturated carbocycles. The van der Waals surface area contributed by atoms with E-state index in [9.17, 15) is 14.4 Å². The molecule has 2 fully saturated rings. The molecule has 3 unspecified atom stereocenters. The molecule has 1 aliphatic carbocycles. The van der Waals surface area contributed by atoms with Crippen LogP contribution in [0.1, 0.15) is 32.6 Å². The van der Waals surface area contributed by atoms with E-state index in [1.807, 2.05) is 0 Å². The van der Waals surface area contributed by atoms with Crippen molar-refractivity contribution in [2.75, 3.05) is 13.6 Å². The Morgan fingerprint density at radius 3 is 2.37 bits per heavy atom. The molecule has 2 rings (SSSR count). The Kier molecular flexibility index (Phi) is 3.89. The Morgan fingerprint density at radius 2 is 1.89 bits per heavy atom. The number of rotatable bonds is 3. The average Bonchev–Trinajstić information content (AvgIpc) is 2.62. The number of carbonyl (C=O) groups is 3. The predicted octanol–water partition coefficient (Wildman–Crippen LogP) is 0.561. The number of likely N-dealkylation sites (N-methyl/N-ethyl adjacent to an activating group) is 1. The first kappa shape index (κ1) is 14.0. The molecular weight excluding hydrogens is 246 g/mol. The molecule has 0 aromatic carbocycles. The zero-order valence-corrected chi connectivity index (χ0v) is 11.5. The van der Waals surface area contributed by atoms with E-state index in [2.05, 4.69) is 6.92 Å². The molecule has 0 spiro atoms. The van der Waals surface area contributed by atoms with Gasteiger partial charge in [-0.3, -0.25) is 19.4 Å². The first-order valence-electron chi connectivity index (χ1n) is 6.86. The number of hydrogen-bond acceptors (Lipinski definition) is 4. The summed E-state index contributed by atoms with van der Waals surface area (Å²) in [6.07, 6.45) is 3.77. The Hall–Kier alpha value is -1.43. The van der Waals surface area contributed by atoms with Gasteiger partial charge in [0.1, 0.15) is 0 Å². The molecule has 1 saturated heterocycles. The predicted molar refractivity (Wildman–Crippen MR) is 69.0 cm³/mol. The zero-order chi connectivity index (χ0) is 14.2. The van der Waals surface area contributed by atoms with Gasteiger partial charge in [-0.2, -0.15) is 0 Å². The van der Waals surface area contributed by atoms with Crippen molar-refractivity contribution in [2.45, 2.75) is 38.6 Å². The van der Waals surface area contributed by atoms with Gasteiger partial charge in [-0.05, 0) is 37.6 Å². The second-order valence-corrected chi connectivity index (χ2v) is 5.47. The van der Waals surface area contributed by atoms with Crippen LogP contribution in [0.15, 0.2) is 0 Å². The van der Waals surface area contributed by atoms with Crippen LogP contribution in [-0.2, 0) is 9.59 Å². The second-order valence-electron chi connectivity index (χ2n) is 5.47. The fourth-order valence-electron chi connectivity index (χ4n) is 3.13. The van der Waals surface area contributed by atoms with Crippen LogP contribution in [0, 0.1) is 11.8 Å². The molecule has 0 bridgehead atoms. The third-order valence-electron chi connectivity index (χ3n) is 4.48. The van der Waals surface area contributed by atoms with Crippen molar-refractivity contribution in [2.24, 2.45) is 17.6 Å². The smallest absolute Gasteiger partial charge is 0.330 e. The van der Waals surface area contributed by atoms with E-state index < -0.39 is 17.8 Å². The molecular formula is C13H21N3O3. The number of imide groups is 2. The first-order valence-corrected chi connectivity index (χ1v) is 6.86. The number of nitrogens with zero attached hydrogens (tertiary/aromatic N) is 2. The average molecular weight is 267 g/mol. The minimum atomic E-state index is -0.737. The van der Waals surface area contributed by atoms with Gasteiger partial charge in [-0.25, -0.2) is 4.79 Å². The maximum atomic E-state index is 12.1. The maximum absolute atomic E-state index is 12.1. The lowest BCUT2D eigenvalue weighted by atomic mass is 9.76. The van der Waals surface area contributed by atoms with Crippen molar-refractivity contribution in [3.8, 4) is 0 Å². The highest BCUT2D eigenvalue weighted by atomic mass is 16.2. The van der Waals surface area contributed by atoms with E-state index in [0.717, 1.165) is 35.5 Å². The van der Waals surface area contributed by atoms with Gasteiger partial charge in [-0.1, -0.05) is 13.3 Å². The van der Waals surface area contributed by atoms with E-state index in [1.54, 1.807) is 0 Å². The normalized spacial score (nSPS) is 32.4. The second kappa shape index (κ2) is 5.28. The number of amides is 4. The third-order valence-corrected chi connectivity index (χ3v) is 4.48. The summed E-state index contributed by atoms with van der Waals surface area (Å²) in [5.74, 6) is -0.837. The number of nitrogens with two attached hydrogens (primary N) is 1. The lowest BCUT2D eigenvalue weighted by Crippen LogP contribution is -2.50. The van der Waals surface area contributed by atoms with E-state index >= 15 is 0 Å². The number of hydrogen-bond donors (Lipinski definition) is 1. The van der Waals surface area contributed by atoms with Crippen molar-refractivity contribution in [1.29, 1.82) is 0 Å². The summed E-state index contributed by atoms with van der Waals surface area (Å²) in [5.41, 5.74) is 5.76. The van der Waals surface area contributed by atoms with Crippen LogP contribution in [0.25, 0.3) is 0 Å². The molecule has 0 aromatic heterocycles. The van der Waals surface area contributed by atoms with E-state index in [4.69, 9.17) is 5.73 Å². The zero-order valence-electron chi connectivity index (χ0n) is 11.5. The van der Waals surface area contributed by atoms with Crippen LogP contribution in [0.2, 0.25) is 0 Å². The molecule has 2 N–H and O–H groups in total. The summed E-state index contributed by atoms with van der Waals surface area (Å²) in [6, 6.07) is -0.729. The fourth-order valence-corrected chi connectivity index (χ4v) is 3.13. The molecule has 106 valence electrons. The van der Waals surface area contributed by atoms with Gasteiger partial charge < -0.3 is 5.73 Å². The van der Waals surface area contributed by atoms with Crippen LogP contribution in [0.4, 0.5) is 4.79 Å². The summed E-state index contributed by atoms with van der Waals surface area (Å²) in [4.78, 5) is 37.6. The van der Waals surface area contributed by atoms with Crippen LogP contribution in [0.5, 0.6) is 0 Å². The third kappa shape index (κ3) is 2.25. The van der Waals surface area contributed by atoms with Crippen LogP contribution < -0.4 is 5.73 Å². The maximum Gasteiger partial charge on any atom is 0.334 e. The van der Waals surface area contributed by atoms with E-state index in [-0.39, 0.29) is 12.0 Å². The summed E-state index contributed by atoms with van der Waals surface area (Å²) in [5, 5.41) is 0. The van der Waals surface area contributed by atoms with Gasteiger partial charge in [0.05, 0.1) is 0 Å². The SMILES string of the molecule is CCC1CCC(CN)C(N2C(=O)C(=O)N(C)C2=O)C1. The molecule has 1 aliphatic heterocycles. The Bertz CT molecular complexity index is 410. The quantitative estimate of drug-likeness (QED) is 0.598. The van der Waals surface area contributed by atoms with Crippen molar-refractivity contribution in [3.63, 3.8) is 0 Å².